The Morgan fingerprint density at radius 1 is 0.649 bits per heavy atom. The van der Waals surface area contributed by atoms with Gasteiger partial charge >= 0.3 is 0 Å². The van der Waals surface area contributed by atoms with Crippen molar-refractivity contribution >= 4 is 153 Å². The minimum Gasteiger partial charge on any atom is -0.457 e. The molecule has 0 amide bonds. The van der Waals surface area contributed by atoms with Gasteiger partial charge in [-0.3, -0.25) is 0 Å². The van der Waals surface area contributed by atoms with Crippen LogP contribution in [0.1, 0.15) is 11.5 Å². The van der Waals surface area contributed by atoms with Crippen LogP contribution >= 0.6 is 141 Å². The van der Waals surface area contributed by atoms with Gasteiger partial charge in [0, 0.05) is 17.2 Å². The van der Waals surface area contributed by atoms with E-state index in [-0.39, 0.29) is 0 Å². The molecular formula is C24H20OS12. The van der Waals surface area contributed by atoms with E-state index in [2.05, 4.69) is 70.9 Å². The molecule has 0 N–H and O–H groups in total. The molecule has 0 saturated heterocycles. The molecule has 1 aromatic heterocycles. The summed E-state index contributed by atoms with van der Waals surface area (Å²) in [5, 5.41) is 9.01. The second-order valence-corrected chi connectivity index (χ2v) is 20.2. The van der Waals surface area contributed by atoms with Crippen molar-refractivity contribution < 1.29 is 4.42 Å². The summed E-state index contributed by atoms with van der Waals surface area (Å²) in [5.41, 5.74) is 2.43. The number of hydrogen-bond acceptors (Lipinski definition) is 13. The Balaban J connectivity index is 1.56. The monoisotopic (exact) mass is 708 g/mol. The number of thioether (sulfide) groups is 12. The van der Waals surface area contributed by atoms with E-state index in [1.165, 1.54) is 45.0 Å². The summed E-state index contributed by atoms with van der Waals surface area (Å²) in [6.45, 7) is 0. The van der Waals surface area contributed by atoms with Crippen LogP contribution in [0.4, 0.5) is 0 Å². The first-order chi connectivity index (χ1) is 18.1. The van der Waals surface area contributed by atoms with Crippen molar-refractivity contribution in [1.29, 1.82) is 0 Å². The molecule has 0 aliphatic carbocycles. The molecule has 13 heteroatoms. The predicted octanol–water partition coefficient (Wildman–Crippen LogP) is 12.9. The maximum Gasteiger partial charge on any atom is 0.137 e. The molecule has 0 fully saturated rings. The molecule has 0 atom stereocenters. The Bertz CT molecular complexity index is 1320. The summed E-state index contributed by atoms with van der Waals surface area (Å²) in [4.78, 5) is 0. The summed E-state index contributed by atoms with van der Waals surface area (Å²) in [5.74, 6) is 1.82. The van der Waals surface area contributed by atoms with E-state index in [4.69, 9.17) is 4.42 Å². The van der Waals surface area contributed by atoms with Crippen LogP contribution in [-0.4, -0.2) is 25.0 Å². The topological polar surface area (TPSA) is 13.1 Å². The van der Waals surface area contributed by atoms with Crippen molar-refractivity contribution in [3.63, 3.8) is 0 Å². The van der Waals surface area contributed by atoms with Gasteiger partial charge in [-0.15, -0.1) is 47.0 Å². The fourth-order valence-corrected chi connectivity index (χ4v) is 15.5. The van der Waals surface area contributed by atoms with E-state index in [0.717, 1.165) is 11.5 Å². The van der Waals surface area contributed by atoms with Gasteiger partial charge in [0.15, 0.2) is 0 Å². The van der Waals surface area contributed by atoms with Crippen molar-refractivity contribution in [1.82, 2.24) is 0 Å². The Labute approximate surface area is 269 Å². The van der Waals surface area contributed by atoms with E-state index >= 15 is 0 Å². The van der Waals surface area contributed by atoms with E-state index in [9.17, 15) is 0 Å². The molecule has 37 heavy (non-hydrogen) atoms. The highest BCUT2D eigenvalue weighted by Gasteiger charge is 2.27. The van der Waals surface area contributed by atoms with Crippen molar-refractivity contribution in [2.24, 2.45) is 0 Å². The molecule has 1 aromatic rings. The zero-order chi connectivity index (χ0) is 25.8. The van der Waals surface area contributed by atoms with Crippen LogP contribution in [0, 0.1) is 0 Å². The lowest BCUT2D eigenvalue weighted by atomic mass is 10.1. The zero-order valence-corrected chi connectivity index (χ0v) is 29.7. The fourth-order valence-electron chi connectivity index (χ4n) is 3.08. The van der Waals surface area contributed by atoms with Crippen molar-refractivity contribution in [2.75, 3.05) is 25.0 Å². The molecule has 0 unspecified atom stereocenters. The molecule has 0 saturated carbocycles. The van der Waals surface area contributed by atoms with E-state index in [1.54, 1.807) is 35.3 Å². The Morgan fingerprint density at radius 2 is 1.19 bits per heavy atom. The highest BCUT2D eigenvalue weighted by atomic mass is 32.3. The van der Waals surface area contributed by atoms with Crippen LogP contribution in [0.2, 0.25) is 0 Å². The highest BCUT2D eigenvalue weighted by Crippen LogP contribution is 2.58. The van der Waals surface area contributed by atoms with Gasteiger partial charge in [0.05, 0.1) is 33.9 Å². The molecule has 4 aliphatic rings. The molecule has 0 bridgehead atoms. The first-order valence-electron chi connectivity index (χ1n) is 10.5. The van der Waals surface area contributed by atoms with Gasteiger partial charge in [0.25, 0.3) is 0 Å². The summed E-state index contributed by atoms with van der Waals surface area (Å²) >= 11 is 21.8. The first kappa shape index (κ1) is 29.9. The third kappa shape index (κ3) is 7.63. The third-order valence-corrected chi connectivity index (χ3v) is 18.9. The summed E-state index contributed by atoms with van der Waals surface area (Å²) in [6.07, 6.45) is 13.1. The van der Waals surface area contributed by atoms with Crippen LogP contribution in [0.15, 0.2) is 83.7 Å². The number of hydrogen-bond donors (Lipinski definition) is 0. The van der Waals surface area contributed by atoms with Crippen LogP contribution < -0.4 is 0 Å². The standard InChI is InChI=1S/C24H20OS12/c1-26-18-9-30-16(34-18)7-13-5-6-15(25-13)22(24-33-12-21(29-4)37-24)14(23-32-11-20(28-3)36-23)8-17-31-10-19(27-2)35-17/h5-12H,1-4H3/b16-7+,17-8+,23-14-,24-22-. The Kier molecular flexibility index (Phi) is 11.7. The molecule has 4 aliphatic heterocycles. The minimum atomic E-state index is 0.896. The van der Waals surface area contributed by atoms with Crippen LogP contribution in [-0.2, 0) is 0 Å². The first-order valence-corrected chi connectivity index (χ1v) is 22.2. The quantitative estimate of drug-likeness (QED) is 0.255. The van der Waals surface area contributed by atoms with Crippen molar-refractivity contribution in [3.8, 4) is 0 Å². The molecule has 194 valence electrons. The van der Waals surface area contributed by atoms with Gasteiger partial charge < -0.3 is 4.42 Å². The molecular weight excluding hydrogens is 689 g/mol. The molecule has 0 aromatic carbocycles. The maximum absolute atomic E-state index is 6.58. The molecule has 1 nitrogen and oxygen atoms in total. The lowest BCUT2D eigenvalue weighted by Crippen LogP contribution is -1.91. The lowest BCUT2D eigenvalue weighted by molar-refractivity contribution is 0.544. The summed E-state index contributed by atoms with van der Waals surface area (Å²) in [7, 11) is 0. The van der Waals surface area contributed by atoms with E-state index in [1.807, 2.05) is 106 Å². The van der Waals surface area contributed by atoms with Gasteiger partial charge in [0.2, 0.25) is 0 Å². The maximum atomic E-state index is 6.58. The van der Waals surface area contributed by atoms with E-state index in [0.29, 0.717) is 0 Å². The third-order valence-electron chi connectivity index (χ3n) is 4.75. The average Bonchev–Trinajstić information content (AvgIpc) is 3.74. The minimum absolute atomic E-state index is 0.896. The number of rotatable bonds is 8. The SMILES string of the molecule is CSC1=CS/C(=C(\C=C2/SC=C(SC)S2)C(=C2\SC=C(SC)S2)/c2ccc(/C=C3\SC=C(SC)S3)o2)S1. The molecule has 0 radical (unpaired) electrons. The van der Waals surface area contributed by atoms with Crippen molar-refractivity contribution in [3.05, 3.63) is 90.8 Å². The molecule has 5 rings (SSSR count). The molecule has 5 heterocycles. The van der Waals surface area contributed by atoms with Crippen LogP contribution in [0.25, 0.3) is 11.6 Å². The Morgan fingerprint density at radius 3 is 1.81 bits per heavy atom. The van der Waals surface area contributed by atoms with Gasteiger partial charge in [-0.2, -0.15) is 0 Å². The molecule has 0 spiro atoms. The van der Waals surface area contributed by atoms with Crippen molar-refractivity contribution in [2.45, 2.75) is 0 Å². The second kappa shape index (κ2) is 14.5. The largest absolute Gasteiger partial charge is 0.457 e. The van der Waals surface area contributed by atoms with E-state index < -0.39 is 0 Å². The fraction of sp³-hybridized carbons (Fsp3) is 0.167. The summed E-state index contributed by atoms with van der Waals surface area (Å²) in [6, 6.07) is 4.25. The van der Waals surface area contributed by atoms with Gasteiger partial charge in [0.1, 0.15) is 11.5 Å². The predicted molar refractivity (Wildman–Crippen MR) is 196 cm³/mol. The van der Waals surface area contributed by atoms with Gasteiger partial charge in [-0.05, 0) is 64.9 Å². The highest BCUT2D eigenvalue weighted by molar-refractivity contribution is 8.37. The second-order valence-electron chi connectivity index (χ2n) is 6.94. The zero-order valence-electron chi connectivity index (χ0n) is 19.9. The Hall–Kier alpha value is 1.40. The van der Waals surface area contributed by atoms with Gasteiger partial charge in [-0.25, -0.2) is 0 Å². The van der Waals surface area contributed by atoms with Gasteiger partial charge in [-0.1, -0.05) is 94.1 Å². The van der Waals surface area contributed by atoms with Crippen LogP contribution in [0.5, 0.6) is 0 Å². The van der Waals surface area contributed by atoms with Crippen LogP contribution in [0.3, 0.4) is 0 Å². The smallest absolute Gasteiger partial charge is 0.137 e. The number of allylic oxidation sites excluding steroid dienone is 3. The summed E-state index contributed by atoms with van der Waals surface area (Å²) < 4.78 is 17.0. The number of furan rings is 1. The lowest BCUT2D eigenvalue weighted by Gasteiger charge is -2.14. The average molecular weight is 709 g/mol. The normalized spacial score (nSPS) is 24.6.